The van der Waals surface area contributed by atoms with Crippen LogP contribution in [0.4, 0.5) is 0 Å². The van der Waals surface area contributed by atoms with Crippen LogP contribution in [0.5, 0.6) is 0 Å². The topological polar surface area (TPSA) is 40.6 Å². The molecule has 2 aromatic rings. The molecule has 0 atom stereocenters. The molecule has 7 heteroatoms. The highest BCUT2D eigenvalue weighted by atomic mass is 35.5. The molecule has 0 spiro atoms. The zero-order chi connectivity index (χ0) is 15.5. The summed E-state index contributed by atoms with van der Waals surface area (Å²) in [4.78, 5) is 29.9. The van der Waals surface area contributed by atoms with Crippen LogP contribution in [0.3, 0.4) is 0 Å². The first kappa shape index (κ1) is 15.5. The molecular weight excluding hydrogens is 340 g/mol. The van der Waals surface area contributed by atoms with E-state index in [1.165, 1.54) is 22.7 Å². The highest BCUT2D eigenvalue weighted by molar-refractivity contribution is 7.18. The van der Waals surface area contributed by atoms with Gasteiger partial charge in [-0.2, -0.15) is 0 Å². The SMILES string of the molecule is O=C(c1cccs1)N1CCCN(C(=O)c2ccc(Cl)s2)CC1. The number of carbonyl (C=O) groups excluding carboxylic acids is 2. The second-order valence-corrected chi connectivity index (χ2v) is 7.68. The number of nitrogens with zero attached hydrogens (tertiary/aromatic N) is 2. The maximum atomic E-state index is 12.4. The van der Waals surface area contributed by atoms with Crippen LogP contribution in [0.15, 0.2) is 29.6 Å². The third-order valence-corrected chi connectivity index (χ3v) is 5.66. The number of hydrogen-bond acceptors (Lipinski definition) is 4. The van der Waals surface area contributed by atoms with Crippen molar-refractivity contribution in [1.82, 2.24) is 9.80 Å². The molecule has 3 heterocycles. The van der Waals surface area contributed by atoms with Crippen LogP contribution >= 0.6 is 34.3 Å². The Hall–Kier alpha value is -1.37. The highest BCUT2D eigenvalue weighted by Gasteiger charge is 2.24. The van der Waals surface area contributed by atoms with Crippen molar-refractivity contribution in [3.63, 3.8) is 0 Å². The lowest BCUT2D eigenvalue weighted by Gasteiger charge is -2.21. The van der Waals surface area contributed by atoms with E-state index >= 15 is 0 Å². The van der Waals surface area contributed by atoms with E-state index in [4.69, 9.17) is 11.6 Å². The van der Waals surface area contributed by atoms with Crippen molar-refractivity contribution in [3.8, 4) is 0 Å². The molecule has 0 unspecified atom stereocenters. The van der Waals surface area contributed by atoms with Gasteiger partial charge in [-0.05, 0) is 30.0 Å². The maximum absolute atomic E-state index is 12.4. The lowest BCUT2D eigenvalue weighted by Crippen LogP contribution is -2.36. The average Bonchev–Trinajstić information content (AvgIpc) is 3.13. The molecule has 0 aromatic carbocycles. The Morgan fingerprint density at radius 3 is 2.18 bits per heavy atom. The zero-order valence-corrected chi connectivity index (χ0v) is 14.2. The molecule has 2 amide bonds. The number of carbonyl (C=O) groups is 2. The maximum Gasteiger partial charge on any atom is 0.264 e. The van der Waals surface area contributed by atoms with E-state index in [0.717, 1.165) is 11.3 Å². The summed E-state index contributed by atoms with van der Waals surface area (Å²) in [7, 11) is 0. The fourth-order valence-electron chi connectivity index (χ4n) is 2.46. The fourth-order valence-corrected chi connectivity index (χ4v) is 4.17. The molecule has 1 saturated heterocycles. The Kier molecular flexibility index (Phi) is 4.81. The van der Waals surface area contributed by atoms with E-state index in [0.29, 0.717) is 35.4 Å². The minimum absolute atomic E-state index is 0.00215. The molecule has 0 aliphatic carbocycles. The van der Waals surface area contributed by atoms with E-state index in [2.05, 4.69) is 0 Å². The van der Waals surface area contributed by atoms with Gasteiger partial charge >= 0.3 is 0 Å². The van der Waals surface area contributed by atoms with Gasteiger partial charge in [0.05, 0.1) is 14.1 Å². The van der Waals surface area contributed by atoms with Crippen molar-refractivity contribution < 1.29 is 9.59 Å². The standard InChI is InChI=1S/C15H15ClN2O2S2/c16-13-5-4-12(22-13)15(20)18-7-2-6-17(8-9-18)14(19)11-3-1-10-21-11/h1,3-5,10H,2,6-9H2. The van der Waals surface area contributed by atoms with Crippen molar-refractivity contribution in [1.29, 1.82) is 0 Å². The van der Waals surface area contributed by atoms with Crippen molar-refractivity contribution in [2.75, 3.05) is 26.2 Å². The Bertz CT molecular complexity index is 669. The van der Waals surface area contributed by atoms with Crippen LogP contribution in [-0.2, 0) is 0 Å². The number of amides is 2. The second-order valence-electron chi connectivity index (χ2n) is 5.02. The minimum atomic E-state index is 0.00215. The highest BCUT2D eigenvalue weighted by Crippen LogP contribution is 2.23. The van der Waals surface area contributed by atoms with Gasteiger partial charge in [0, 0.05) is 26.2 Å². The molecule has 116 valence electrons. The van der Waals surface area contributed by atoms with Gasteiger partial charge in [-0.15, -0.1) is 22.7 Å². The summed E-state index contributed by atoms with van der Waals surface area (Å²) in [5.41, 5.74) is 0. The van der Waals surface area contributed by atoms with Gasteiger partial charge in [-0.3, -0.25) is 9.59 Å². The predicted molar refractivity (Wildman–Crippen MR) is 90.1 cm³/mol. The summed E-state index contributed by atoms with van der Waals surface area (Å²) >= 11 is 8.64. The molecule has 2 aromatic heterocycles. The van der Waals surface area contributed by atoms with E-state index in [1.54, 1.807) is 12.1 Å². The quantitative estimate of drug-likeness (QED) is 0.828. The van der Waals surface area contributed by atoms with Gasteiger partial charge in [0.1, 0.15) is 0 Å². The lowest BCUT2D eigenvalue weighted by atomic mass is 10.3. The van der Waals surface area contributed by atoms with Crippen LogP contribution in [0, 0.1) is 0 Å². The van der Waals surface area contributed by atoms with Crippen molar-refractivity contribution in [3.05, 3.63) is 43.7 Å². The summed E-state index contributed by atoms with van der Waals surface area (Å²) in [6.45, 7) is 2.49. The van der Waals surface area contributed by atoms with Crippen LogP contribution in [0.25, 0.3) is 0 Å². The molecule has 0 radical (unpaired) electrons. The largest absolute Gasteiger partial charge is 0.336 e. The molecule has 1 aliphatic rings. The molecular formula is C15H15ClN2O2S2. The normalized spacial score (nSPS) is 15.7. The zero-order valence-electron chi connectivity index (χ0n) is 11.8. The van der Waals surface area contributed by atoms with Gasteiger partial charge in [0.15, 0.2) is 0 Å². The average molecular weight is 355 g/mol. The van der Waals surface area contributed by atoms with Crippen LogP contribution < -0.4 is 0 Å². The second kappa shape index (κ2) is 6.81. The fraction of sp³-hybridized carbons (Fsp3) is 0.333. The summed E-state index contributed by atoms with van der Waals surface area (Å²) < 4.78 is 0.618. The van der Waals surface area contributed by atoms with Crippen molar-refractivity contribution in [2.45, 2.75) is 6.42 Å². The monoisotopic (exact) mass is 354 g/mol. The van der Waals surface area contributed by atoms with Crippen LogP contribution in [0.2, 0.25) is 4.34 Å². The van der Waals surface area contributed by atoms with Crippen molar-refractivity contribution in [2.24, 2.45) is 0 Å². The van der Waals surface area contributed by atoms with Gasteiger partial charge in [0.25, 0.3) is 11.8 Å². The molecule has 0 bridgehead atoms. The summed E-state index contributed by atoms with van der Waals surface area (Å²) in [5, 5.41) is 1.90. The third kappa shape index (κ3) is 3.34. The minimum Gasteiger partial charge on any atom is -0.336 e. The van der Waals surface area contributed by atoms with Gasteiger partial charge in [-0.25, -0.2) is 0 Å². The van der Waals surface area contributed by atoms with E-state index in [9.17, 15) is 9.59 Å². The van der Waals surface area contributed by atoms with Crippen LogP contribution in [-0.4, -0.2) is 47.8 Å². The number of thiophene rings is 2. The Morgan fingerprint density at radius 1 is 0.955 bits per heavy atom. The number of hydrogen-bond donors (Lipinski definition) is 0. The molecule has 0 saturated carbocycles. The molecule has 3 rings (SSSR count). The molecule has 4 nitrogen and oxygen atoms in total. The molecule has 1 aliphatic heterocycles. The third-order valence-electron chi connectivity index (χ3n) is 3.59. The first-order chi connectivity index (χ1) is 10.6. The Balaban J connectivity index is 1.65. The molecule has 22 heavy (non-hydrogen) atoms. The Labute approximate surface area is 141 Å². The molecule has 0 N–H and O–H groups in total. The van der Waals surface area contributed by atoms with Crippen molar-refractivity contribution >= 4 is 46.1 Å². The summed E-state index contributed by atoms with van der Waals surface area (Å²) in [5.74, 6) is 0.0609. The Morgan fingerprint density at radius 2 is 1.64 bits per heavy atom. The molecule has 1 fully saturated rings. The van der Waals surface area contributed by atoms with Crippen LogP contribution in [0.1, 0.15) is 25.8 Å². The first-order valence-corrected chi connectivity index (χ1v) is 9.10. The van der Waals surface area contributed by atoms with Gasteiger partial charge in [-0.1, -0.05) is 17.7 Å². The number of halogens is 1. The summed E-state index contributed by atoms with van der Waals surface area (Å²) in [6.07, 6.45) is 0.794. The smallest absolute Gasteiger partial charge is 0.264 e. The number of rotatable bonds is 2. The van der Waals surface area contributed by atoms with E-state index in [1.807, 2.05) is 27.3 Å². The lowest BCUT2D eigenvalue weighted by molar-refractivity contribution is 0.0723. The summed E-state index contributed by atoms with van der Waals surface area (Å²) in [6, 6.07) is 7.22. The van der Waals surface area contributed by atoms with E-state index < -0.39 is 0 Å². The van der Waals surface area contributed by atoms with E-state index in [-0.39, 0.29) is 11.8 Å². The first-order valence-electron chi connectivity index (χ1n) is 7.02. The van der Waals surface area contributed by atoms with Gasteiger partial charge < -0.3 is 9.80 Å². The van der Waals surface area contributed by atoms with Gasteiger partial charge in [0.2, 0.25) is 0 Å². The predicted octanol–water partition coefficient (Wildman–Crippen LogP) is 3.45.